The summed E-state index contributed by atoms with van der Waals surface area (Å²) in [5.74, 6) is -1.98. The number of aliphatic hydroxyl groups excluding tert-OH is 1. The lowest BCUT2D eigenvalue weighted by atomic mass is 10.1. The summed E-state index contributed by atoms with van der Waals surface area (Å²) in [5.41, 5.74) is 2.76. The van der Waals surface area contributed by atoms with Crippen molar-refractivity contribution in [2.24, 2.45) is 5.92 Å². The molecule has 26 heavy (non-hydrogen) atoms. The van der Waals surface area contributed by atoms with E-state index in [0.717, 1.165) is 0 Å². The molecule has 3 atom stereocenters. The Morgan fingerprint density at radius 2 is 1.92 bits per heavy atom. The van der Waals surface area contributed by atoms with E-state index in [2.05, 4.69) is 10.7 Å². The fraction of sp³-hybridized carbons (Fsp3) is 0.800. The van der Waals surface area contributed by atoms with Crippen molar-refractivity contribution in [1.29, 1.82) is 0 Å². The maximum Gasteiger partial charge on any atom is 0.325 e. The zero-order chi connectivity index (χ0) is 20.1. The maximum atomic E-state index is 12.5. The number of aliphatic hydroxyl groups is 1. The monoisotopic (exact) mass is 431 g/mol. The highest BCUT2D eigenvalue weighted by molar-refractivity contribution is 6.67. The Morgan fingerprint density at radius 1 is 1.31 bits per heavy atom. The molecule has 1 saturated heterocycles. The van der Waals surface area contributed by atoms with Crippen LogP contribution < -0.4 is 10.7 Å². The van der Waals surface area contributed by atoms with Gasteiger partial charge in [-0.3, -0.25) is 19.4 Å². The molecule has 150 valence electrons. The second-order valence-corrected chi connectivity index (χ2v) is 8.97. The molecule has 0 radical (unpaired) electrons. The molecule has 1 aliphatic rings. The van der Waals surface area contributed by atoms with E-state index >= 15 is 0 Å². The smallest absolute Gasteiger partial charge is 0.325 e. The van der Waals surface area contributed by atoms with E-state index < -0.39 is 46.4 Å². The minimum absolute atomic E-state index is 0.275. The van der Waals surface area contributed by atoms with E-state index in [4.69, 9.17) is 39.5 Å². The molecule has 0 aliphatic carbocycles. The summed E-state index contributed by atoms with van der Waals surface area (Å²) in [6, 6.07) is -1.64. The summed E-state index contributed by atoms with van der Waals surface area (Å²) in [4.78, 5) is 36.4. The van der Waals surface area contributed by atoms with Gasteiger partial charge in [-0.15, -0.1) is 0 Å². The molecule has 0 bridgehead atoms. The van der Waals surface area contributed by atoms with Gasteiger partial charge in [-0.2, -0.15) is 0 Å². The molecular formula is C15H24Cl3N3O5. The Morgan fingerprint density at radius 3 is 2.46 bits per heavy atom. The molecule has 3 N–H and O–H groups in total. The number of carbonyl (C=O) groups is 3. The van der Waals surface area contributed by atoms with Gasteiger partial charge in [0.1, 0.15) is 24.8 Å². The zero-order valence-electron chi connectivity index (χ0n) is 14.8. The number of hydrogen-bond acceptors (Lipinski definition) is 6. The lowest BCUT2D eigenvalue weighted by Gasteiger charge is -2.34. The topological polar surface area (TPSA) is 108 Å². The first kappa shape index (κ1) is 23.2. The van der Waals surface area contributed by atoms with Crippen molar-refractivity contribution in [2.75, 3.05) is 13.2 Å². The van der Waals surface area contributed by atoms with Crippen LogP contribution in [0.5, 0.6) is 0 Å². The molecule has 0 aromatic carbocycles. The summed E-state index contributed by atoms with van der Waals surface area (Å²) < 4.78 is 3.21. The molecule has 1 heterocycles. The largest absolute Gasteiger partial charge is 0.460 e. The third-order valence-electron chi connectivity index (χ3n) is 3.74. The average Bonchev–Trinajstić information content (AvgIpc) is 2.57. The molecule has 2 amide bonds. The molecule has 1 fully saturated rings. The second-order valence-electron chi connectivity index (χ2n) is 6.46. The van der Waals surface area contributed by atoms with E-state index in [9.17, 15) is 19.5 Å². The van der Waals surface area contributed by atoms with Gasteiger partial charge in [-0.25, -0.2) is 5.43 Å². The van der Waals surface area contributed by atoms with Crippen molar-refractivity contribution in [3.63, 3.8) is 0 Å². The van der Waals surface area contributed by atoms with Crippen LogP contribution >= 0.6 is 34.8 Å². The number of esters is 1. The van der Waals surface area contributed by atoms with Crippen LogP contribution in [0.2, 0.25) is 0 Å². The Bertz CT molecular complexity index is 527. The van der Waals surface area contributed by atoms with E-state index in [1.807, 2.05) is 0 Å². The predicted molar refractivity (Wildman–Crippen MR) is 97.6 cm³/mol. The van der Waals surface area contributed by atoms with Gasteiger partial charge in [0.15, 0.2) is 0 Å². The number of nitrogens with zero attached hydrogens (tertiary/aromatic N) is 1. The standard InChI is InChI=1S/C15H24Cl3N3O5/c1-8(2)11(22)12(23)19-9(3)13(24)21-6-4-5-10(20-21)14(25)26-7-15(16,17)18/h8-11,20,22H,4-7H2,1-3H3,(H,19,23)/t9?,10-,11-/m0/s1. The molecule has 0 spiro atoms. The molecule has 11 heteroatoms. The van der Waals surface area contributed by atoms with Crippen LogP contribution in [0, 0.1) is 5.92 Å². The molecular weight excluding hydrogens is 409 g/mol. The van der Waals surface area contributed by atoms with Crippen LogP contribution in [-0.4, -0.2) is 63.0 Å². The fourth-order valence-electron chi connectivity index (χ4n) is 2.27. The van der Waals surface area contributed by atoms with Crippen molar-refractivity contribution in [1.82, 2.24) is 15.8 Å². The van der Waals surface area contributed by atoms with Gasteiger partial charge < -0.3 is 15.2 Å². The number of ether oxygens (including phenoxy) is 1. The van der Waals surface area contributed by atoms with E-state index in [-0.39, 0.29) is 5.92 Å². The minimum atomic E-state index is -1.71. The van der Waals surface area contributed by atoms with Crippen molar-refractivity contribution in [2.45, 2.75) is 55.6 Å². The van der Waals surface area contributed by atoms with Gasteiger partial charge in [0, 0.05) is 6.54 Å². The molecule has 0 saturated carbocycles. The minimum Gasteiger partial charge on any atom is -0.460 e. The molecule has 0 aromatic rings. The zero-order valence-corrected chi connectivity index (χ0v) is 17.1. The van der Waals surface area contributed by atoms with Crippen LogP contribution in [0.1, 0.15) is 33.6 Å². The van der Waals surface area contributed by atoms with Gasteiger partial charge in [-0.05, 0) is 25.7 Å². The predicted octanol–water partition coefficient (Wildman–Crippen LogP) is 0.917. The SMILES string of the molecule is CC(NC(=O)[C@@H](O)C(C)C)C(=O)N1CCC[C@@H](C(=O)OCC(Cl)(Cl)Cl)N1. The summed E-state index contributed by atoms with van der Waals surface area (Å²) in [7, 11) is 0. The highest BCUT2D eigenvalue weighted by Gasteiger charge is 2.33. The van der Waals surface area contributed by atoms with Crippen molar-refractivity contribution in [3.8, 4) is 0 Å². The van der Waals surface area contributed by atoms with Crippen molar-refractivity contribution < 1.29 is 24.2 Å². The van der Waals surface area contributed by atoms with E-state index in [1.54, 1.807) is 13.8 Å². The highest BCUT2D eigenvalue weighted by Crippen LogP contribution is 2.26. The van der Waals surface area contributed by atoms with Gasteiger partial charge >= 0.3 is 5.97 Å². The third kappa shape index (κ3) is 7.44. The van der Waals surface area contributed by atoms with Crippen molar-refractivity contribution in [3.05, 3.63) is 0 Å². The van der Waals surface area contributed by atoms with Gasteiger partial charge in [-0.1, -0.05) is 48.7 Å². The van der Waals surface area contributed by atoms with Crippen LogP contribution in [0.3, 0.4) is 0 Å². The summed E-state index contributed by atoms with van der Waals surface area (Å²) in [6.07, 6.45) is -0.194. The molecule has 1 rings (SSSR count). The van der Waals surface area contributed by atoms with Crippen LogP contribution in [0.25, 0.3) is 0 Å². The first-order chi connectivity index (χ1) is 11.9. The van der Waals surface area contributed by atoms with Crippen LogP contribution in [0.15, 0.2) is 0 Å². The number of nitrogens with one attached hydrogen (secondary N) is 2. The number of carbonyl (C=O) groups excluding carboxylic acids is 3. The second kappa shape index (κ2) is 9.94. The van der Waals surface area contributed by atoms with E-state index in [0.29, 0.717) is 19.4 Å². The number of alkyl halides is 3. The number of rotatable bonds is 6. The molecule has 1 aliphatic heterocycles. The summed E-state index contributed by atoms with van der Waals surface area (Å²) in [6.45, 7) is 4.84. The van der Waals surface area contributed by atoms with Gasteiger partial charge in [0.25, 0.3) is 5.91 Å². The normalized spacial score (nSPS) is 20.5. The summed E-state index contributed by atoms with van der Waals surface area (Å²) in [5, 5.41) is 13.4. The third-order valence-corrected chi connectivity index (χ3v) is 4.07. The lowest BCUT2D eigenvalue weighted by Crippen LogP contribution is -2.60. The first-order valence-corrected chi connectivity index (χ1v) is 9.35. The number of hydrogen-bond donors (Lipinski definition) is 3. The number of amides is 2. The molecule has 8 nitrogen and oxygen atoms in total. The average molecular weight is 433 g/mol. The Hall–Kier alpha value is -0.800. The Labute approximate surface area is 167 Å². The maximum absolute atomic E-state index is 12.5. The first-order valence-electron chi connectivity index (χ1n) is 8.21. The van der Waals surface area contributed by atoms with Crippen LogP contribution in [0.4, 0.5) is 0 Å². The quantitative estimate of drug-likeness (QED) is 0.425. The van der Waals surface area contributed by atoms with Gasteiger partial charge in [0.05, 0.1) is 0 Å². The lowest BCUT2D eigenvalue weighted by molar-refractivity contribution is -0.153. The highest BCUT2D eigenvalue weighted by atomic mass is 35.6. The van der Waals surface area contributed by atoms with E-state index in [1.165, 1.54) is 11.9 Å². The summed E-state index contributed by atoms with van der Waals surface area (Å²) >= 11 is 16.6. The Balaban J connectivity index is 2.58. The Kier molecular flexibility index (Phi) is 8.88. The number of hydrazine groups is 1. The molecule has 0 aromatic heterocycles. The fourth-order valence-corrected chi connectivity index (χ4v) is 2.43. The van der Waals surface area contributed by atoms with Crippen molar-refractivity contribution >= 4 is 52.6 Å². The van der Waals surface area contributed by atoms with Crippen LogP contribution in [-0.2, 0) is 19.1 Å². The number of halogens is 3. The molecule has 1 unspecified atom stereocenters. The van der Waals surface area contributed by atoms with Gasteiger partial charge in [0.2, 0.25) is 9.70 Å².